The number of ether oxygens (including phenoxy) is 1. The van der Waals surface area contributed by atoms with Crippen LogP contribution in [0.25, 0.3) is 22.3 Å². The van der Waals surface area contributed by atoms with Crippen LogP contribution < -0.4 is 10.3 Å². The number of aromatic amines is 1. The molecular formula is C20H15FN2O2. The number of hydrogen-bond acceptors (Lipinski definition) is 3. The number of nitriles is 1. The Morgan fingerprint density at radius 2 is 1.68 bits per heavy atom. The van der Waals surface area contributed by atoms with Crippen molar-refractivity contribution in [2.45, 2.75) is 6.92 Å². The third kappa shape index (κ3) is 3.15. The minimum atomic E-state index is -0.409. The quantitative estimate of drug-likeness (QED) is 0.786. The third-order valence-electron chi connectivity index (χ3n) is 3.95. The molecule has 0 spiro atoms. The van der Waals surface area contributed by atoms with Gasteiger partial charge < -0.3 is 9.72 Å². The maximum absolute atomic E-state index is 13.6. The van der Waals surface area contributed by atoms with Gasteiger partial charge >= 0.3 is 0 Å². The van der Waals surface area contributed by atoms with E-state index in [1.54, 1.807) is 31.2 Å². The maximum atomic E-state index is 13.6. The Balaban J connectivity index is 2.10. The molecule has 3 aromatic rings. The van der Waals surface area contributed by atoms with E-state index in [1.165, 1.54) is 19.2 Å². The number of hydrogen-bond donors (Lipinski definition) is 1. The largest absolute Gasteiger partial charge is 0.496 e. The molecule has 0 unspecified atom stereocenters. The molecule has 0 aliphatic rings. The number of rotatable bonds is 3. The van der Waals surface area contributed by atoms with Gasteiger partial charge in [0.05, 0.1) is 7.11 Å². The van der Waals surface area contributed by atoms with Crippen LogP contribution in [-0.4, -0.2) is 12.1 Å². The molecule has 0 bridgehead atoms. The van der Waals surface area contributed by atoms with Gasteiger partial charge in [-0.1, -0.05) is 24.3 Å². The molecule has 1 heterocycles. The van der Waals surface area contributed by atoms with Crippen LogP contribution in [-0.2, 0) is 0 Å². The molecule has 0 fully saturated rings. The fraction of sp³-hybridized carbons (Fsp3) is 0.100. The second-order valence-corrected chi connectivity index (χ2v) is 5.60. The first-order valence-electron chi connectivity index (χ1n) is 7.62. The molecule has 0 amide bonds. The summed E-state index contributed by atoms with van der Waals surface area (Å²) < 4.78 is 18.9. The molecule has 5 heteroatoms. The molecule has 2 aromatic carbocycles. The topological polar surface area (TPSA) is 65.9 Å². The van der Waals surface area contributed by atoms with Crippen LogP contribution in [0.15, 0.2) is 53.3 Å². The zero-order valence-electron chi connectivity index (χ0n) is 13.8. The van der Waals surface area contributed by atoms with Crippen LogP contribution in [0.1, 0.15) is 11.3 Å². The molecule has 0 saturated carbocycles. The Morgan fingerprint density at radius 1 is 1.04 bits per heavy atom. The van der Waals surface area contributed by atoms with Crippen LogP contribution in [0.2, 0.25) is 0 Å². The van der Waals surface area contributed by atoms with E-state index in [1.807, 2.05) is 18.2 Å². The Morgan fingerprint density at radius 3 is 2.28 bits per heavy atom. The van der Waals surface area contributed by atoms with E-state index in [2.05, 4.69) is 4.98 Å². The van der Waals surface area contributed by atoms with Gasteiger partial charge in [-0.3, -0.25) is 4.79 Å². The normalized spacial score (nSPS) is 10.3. The van der Waals surface area contributed by atoms with Crippen molar-refractivity contribution in [3.63, 3.8) is 0 Å². The Kier molecular flexibility index (Phi) is 4.36. The SMILES string of the molecule is COc1ccc(F)cc1-c1ccc(-c2cc(C)[nH]c(=O)c2C#N)cc1. The summed E-state index contributed by atoms with van der Waals surface area (Å²) in [6, 6.07) is 15.3. The van der Waals surface area contributed by atoms with Crippen LogP contribution >= 0.6 is 0 Å². The highest BCUT2D eigenvalue weighted by atomic mass is 19.1. The zero-order chi connectivity index (χ0) is 18.0. The molecule has 0 aliphatic heterocycles. The predicted molar refractivity (Wildman–Crippen MR) is 93.9 cm³/mol. The maximum Gasteiger partial charge on any atom is 0.266 e. The lowest BCUT2D eigenvalue weighted by Gasteiger charge is -2.10. The van der Waals surface area contributed by atoms with Crippen molar-refractivity contribution in [1.29, 1.82) is 5.26 Å². The number of aromatic nitrogens is 1. The number of aryl methyl sites for hydroxylation is 1. The average molecular weight is 334 g/mol. The number of benzene rings is 2. The van der Waals surface area contributed by atoms with E-state index in [0.717, 1.165) is 11.1 Å². The second kappa shape index (κ2) is 6.62. The van der Waals surface area contributed by atoms with E-state index >= 15 is 0 Å². The van der Waals surface area contributed by atoms with E-state index < -0.39 is 5.56 Å². The van der Waals surface area contributed by atoms with Crippen LogP contribution in [0, 0.1) is 24.1 Å². The summed E-state index contributed by atoms with van der Waals surface area (Å²) in [4.78, 5) is 14.6. The van der Waals surface area contributed by atoms with Gasteiger partial charge in [0.15, 0.2) is 0 Å². The lowest BCUT2D eigenvalue weighted by molar-refractivity contribution is 0.415. The Labute approximate surface area is 144 Å². The van der Waals surface area contributed by atoms with Crippen LogP contribution in [0.4, 0.5) is 4.39 Å². The highest BCUT2D eigenvalue weighted by Crippen LogP contribution is 2.32. The first-order chi connectivity index (χ1) is 12.0. The van der Waals surface area contributed by atoms with Crippen LogP contribution in [0.3, 0.4) is 0 Å². The van der Waals surface area contributed by atoms with Crippen molar-refractivity contribution in [2.24, 2.45) is 0 Å². The summed E-state index contributed by atoms with van der Waals surface area (Å²) in [7, 11) is 1.53. The number of halogens is 1. The van der Waals surface area contributed by atoms with Crippen molar-refractivity contribution < 1.29 is 9.13 Å². The predicted octanol–water partition coefficient (Wildman–Crippen LogP) is 4.04. The molecular weight excluding hydrogens is 319 g/mol. The fourth-order valence-electron chi connectivity index (χ4n) is 2.76. The van der Waals surface area contributed by atoms with E-state index in [4.69, 9.17) is 4.74 Å². The molecule has 25 heavy (non-hydrogen) atoms. The number of nitrogens with zero attached hydrogens (tertiary/aromatic N) is 1. The third-order valence-corrected chi connectivity index (χ3v) is 3.95. The van der Waals surface area contributed by atoms with E-state index in [0.29, 0.717) is 22.6 Å². The molecule has 1 aromatic heterocycles. The van der Waals surface area contributed by atoms with Crippen molar-refractivity contribution in [3.05, 3.63) is 76.0 Å². The Hall–Kier alpha value is -3.39. The minimum absolute atomic E-state index is 0.0710. The highest BCUT2D eigenvalue weighted by molar-refractivity contribution is 5.76. The molecule has 4 nitrogen and oxygen atoms in total. The molecule has 0 saturated heterocycles. The number of H-pyrrole nitrogens is 1. The lowest BCUT2D eigenvalue weighted by atomic mass is 9.97. The van der Waals surface area contributed by atoms with Gasteiger partial charge in [-0.2, -0.15) is 5.26 Å². The van der Waals surface area contributed by atoms with E-state index in [-0.39, 0.29) is 11.4 Å². The summed E-state index contributed by atoms with van der Waals surface area (Å²) in [5.41, 5.74) is 3.06. The van der Waals surface area contributed by atoms with Gasteiger partial charge in [0, 0.05) is 16.8 Å². The summed E-state index contributed by atoms with van der Waals surface area (Å²) in [6.45, 7) is 1.76. The summed E-state index contributed by atoms with van der Waals surface area (Å²) in [5, 5.41) is 9.25. The molecule has 0 aliphatic carbocycles. The molecule has 0 radical (unpaired) electrons. The van der Waals surface area contributed by atoms with Crippen molar-refractivity contribution in [2.75, 3.05) is 7.11 Å². The summed E-state index contributed by atoms with van der Waals surface area (Å²) >= 11 is 0. The average Bonchev–Trinajstić information content (AvgIpc) is 2.61. The van der Waals surface area contributed by atoms with E-state index in [9.17, 15) is 14.4 Å². The van der Waals surface area contributed by atoms with Gasteiger partial charge in [-0.25, -0.2) is 4.39 Å². The van der Waals surface area contributed by atoms with Gasteiger partial charge in [0.25, 0.3) is 5.56 Å². The van der Waals surface area contributed by atoms with Crippen molar-refractivity contribution in [1.82, 2.24) is 4.98 Å². The first-order valence-corrected chi connectivity index (χ1v) is 7.62. The smallest absolute Gasteiger partial charge is 0.266 e. The highest BCUT2D eigenvalue weighted by Gasteiger charge is 2.12. The molecule has 3 rings (SSSR count). The van der Waals surface area contributed by atoms with Gasteiger partial charge in [0.2, 0.25) is 0 Å². The Bertz CT molecular complexity index is 1030. The fourth-order valence-corrected chi connectivity index (χ4v) is 2.76. The number of nitrogens with one attached hydrogen (secondary N) is 1. The summed E-state index contributed by atoms with van der Waals surface area (Å²) in [6.07, 6.45) is 0. The minimum Gasteiger partial charge on any atom is -0.496 e. The van der Waals surface area contributed by atoms with Crippen molar-refractivity contribution >= 4 is 0 Å². The van der Waals surface area contributed by atoms with Gasteiger partial charge in [-0.15, -0.1) is 0 Å². The van der Waals surface area contributed by atoms with Crippen molar-refractivity contribution in [3.8, 4) is 34.1 Å². The van der Waals surface area contributed by atoms with Gasteiger partial charge in [0.1, 0.15) is 23.2 Å². The molecule has 1 N–H and O–H groups in total. The second-order valence-electron chi connectivity index (χ2n) is 5.60. The summed E-state index contributed by atoms with van der Waals surface area (Å²) in [5.74, 6) is 0.218. The number of pyridine rings is 1. The zero-order valence-corrected chi connectivity index (χ0v) is 13.8. The monoisotopic (exact) mass is 334 g/mol. The number of methoxy groups -OCH3 is 1. The standard InChI is InChI=1S/C20H15FN2O2/c1-12-9-16(18(11-22)20(24)23-12)13-3-5-14(6-4-13)17-10-15(21)7-8-19(17)25-2/h3-10H,1-2H3,(H,23,24). The van der Waals surface area contributed by atoms with Crippen LogP contribution in [0.5, 0.6) is 5.75 Å². The van der Waals surface area contributed by atoms with Gasteiger partial charge in [-0.05, 0) is 42.3 Å². The molecule has 0 atom stereocenters. The lowest BCUT2D eigenvalue weighted by Crippen LogP contribution is -2.12. The first kappa shape index (κ1) is 16.5. The molecule has 124 valence electrons.